The number of aromatic nitrogens is 2. The van der Waals surface area contributed by atoms with E-state index in [1.54, 1.807) is 20.0 Å². The van der Waals surface area contributed by atoms with Crippen molar-refractivity contribution in [3.8, 4) is 0 Å². The fourth-order valence-corrected chi connectivity index (χ4v) is 2.90. The van der Waals surface area contributed by atoms with Gasteiger partial charge >= 0.3 is 6.03 Å². The van der Waals surface area contributed by atoms with Gasteiger partial charge in [0.1, 0.15) is 5.15 Å². The number of benzene rings is 1. The largest absolute Gasteiger partial charge is 0.328 e. The van der Waals surface area contributed by atoms with E-state index < -0.39 is 29.3 Å². The Morgan fingerprint density at radius 2 is 2.07 bits per heavy atom. The van der Waals surface area contributed by atoms with E-state index in [-0.39, 0.29) is 15.9 Å². The molecular weight excluding hydrogens is 378 g/mol. The molecule has 3 aromatic rings. The maximum absolute atomic E-state index is 14.1. The highest BCUT2D eigenvalue weighted by molar-refractivity contribution is 6.29. The first-order valence-electron chi connectivity index (χ1n) is 7.94. The van der Waals surface area contributed by atoms with Gasteiger partial charge in [0.25, 0.3) is 5.56 Å². The van der Waals surface area contributed by atoms with Gasteiger partial charge in [-0.3, -0.25) is 4.79 Å². The van der Waals surface area contributed by atoms with Crippen molar-refractivity contribution in [3.63, 3.8) is 0 Å². The standard InChI is InChI=1S/C18H15ClF2N4O2/c1-9(25(2)18(27)24-10-5-6-22-14(19)7-10)12-8-23-17(26)15-11(12)3-4-13(20)16(15)21/h3-9H,1-2H3,(H,23,26)(H,22,24,27). The first-order valence-corrected chi connectivity index (χ1v) is 8.32. The van der Waals surface area contributed by atoms with E-state index in [9.17, 15) is 18.4 Å². The fourth-order valence-electron chi connectivity index (χ4n) is 2.73. The van der Waals surface area contributed by atoms with Crippen molar-refractivity contribution in [3.05, 3.63) is 69.4 Å². The van der Waals surface area contributed by atoms with Gasteiger partial charge in [-0.1, -0.05) is 17.7 Å². The lowest BCUT2D eigenvalue weighted by Crippen LogP contribution is -2.34. The van der Waals surface area contributed by atoms with Crippen molar-refractivity contribution >= 4 is 34.1 Å². The number of amides is 2. The lowest BCUT2D eigenvalue weighted by molar-refractivity contribution is 0.208. The zero-order valence-electron chi connectivity index (χ0n) is 14.4. The molecule has 1 aromatic carbocycles. The lowest BCUT2D eigenvalue weighted by atomic mass is 10.0. The third kappa shape index (κ3) is 3.61. The molecule has 6 nitrogen and oxygen atoms in total. The molecule has 1 atom stereocenters. The maximum atomic E-state index is 14.1. The molecule has 0 bridgehead atoms. The number of nitrogens with one attached hydrogen (secondary N) is 2. The minimum Gasteiger partial charge on any atom is -0.328 e. The molecule has 0 saturated heterocycles. The molecule has 140 valence electrons. The number of hydrogen-bond donors (Lipinski definition) is 2. The summed E-state index contributed by atoms with van der Waals surface area (Å²) in [5.74, 6) is -2.33. The molecule has 1 unspecified atom stereocenters. The summed E-state index contributed by atoms with van der Waals surface area (Å²) in [7, 11) is 1.54. The molecule has 2 aromatic heterocycles. The Hall–Kier alpha value is -3.00. The summed E-state index contributed by atoms with van der Waals surface area (Å²) in [5, 5.41) is 2.75. The highest BCUT2D eigenvalue weighted by Gasteiger charge is 2.22. The Bertz CT molecular complexity index is 1090. The highest BCUT2D eigenvalue weighted by Crippen LogP contribution is 2.27. The van der Waals surface area contributed by atoms with Gasteiger partial charge in [0.05, 0.1) is 11.4 Å². The zero-order valence-corrected chi connectivity index (χ0v) is 15.1. The summed E-state index contributed by atoms with van der Waals surface area (Å²) in [5.41, 5.74) is 0.184. The van der Waals surface area contributed by atoms with E-state index in [2.05, 4.69) is 15.3 Å². The predicted molar refractivity (Wildman–Crippen MR) is 98.9 cm³/mol. The number of pyridine rings is 2. The van der Waals surface area contributed by atoms with Crippen LogP contribution in [0.3, 0.4) is 0 Å². The SMILES string of the molecule is CC(c1c[nH]c(=O)c2c(F)c(F)ccc12)N(C)C(=O)Nc1ccnc(Cl)c1. The predicted octanol–water partition coefficient (Wildman–Crippen LogP) is 4.08. The van der Waals surface area contributed by atoms with Crippen LogP contribution in [0.25, 0.3) is 10.8 Å². The molecule has 0 aliphatic rings. The van der Waals surface area contributed by atoms with Crippen LogP contribution in [0, 0.1) is 11.6 Å². The van der Waals surface area contributed by atoms with E-state index in [1.165, 1.54) is 29.4 Å². The molecule has 0 aliphatic carbocycles. The van der Waals surface area contributed by atoms with Crippen molar-refractivity contribution in [2.75, 3.05) is 12.4 Å². The van der Waals surface area contributed by atoms with Crippen molar-refractivity contribution in [2.24, 2.45) is 0 Å². The van der Waals surface area contributed by atoms with Gasteiger partial charge in [-0.15, -0.1) is 0 Å². The van der Waals surface area contributed by atoms with Crippen molar-refractivity contribution in [2.45, 2.75) is 13.0 Å². The Morgan fingerprint density at radius 1 is 1.33 bits per heavy atom. The number of nitrogens with zero attached hydrogens (tertiary/aromatic N) is 2. The van der Waals surface area contributed by atoms with Gasteiger partial charge < -0.3 is 15.2 Å². The summed E-state index contributed by atoms with van der Waals surface area (Å²) < 4.78 is 27.6. The first-order chi connectivity index (χ1) is 12.8. The molecule has 0 fully saturated rings. The summed E-state index contributed by atoms with van der Waals surface area (Å²) in [6.45, 7) is 1.70. The smallest absolute Gasteiger partial charge is 0.322 e. The Balaban J connectivity index is 1.94. The van der Waals surface area contributed by atoms with Gasteiger partial charge in [-0.25, -0.2) is 18.6 Å². The minimum absolute atomic E-state index is 0.229. The van der Waals surface area contributed by atoms with E-state index in [0.717, 1.165) is 6.07 Å². The van der Waals surface area contributed by atoms with Gasteiger partial charge in [0, 0.05) is 25.1 Å². The molecule has 27 heavy (non-hydrogen) atoms. The number of carbonyl (C=O) groups excluding carboxylic acids is 1. The molecule has 0 spiro atoms. The van der Waals surface area contributed by atoms with Crippen LogP contribution in [0.15, 0.2) is 41.5 Å². The van der Waals surface area contributed by atoms with E-state index in [1.807, 2.05) is 0 Å². The molecular formula is C18H15ClF2N4O2. The maximum Gasteiger partial charge on any atom is 0.322 e. The highest BCUT2D eigenvalue weighted by atomic mass is 35.5. The van der Waals surface area contributed by atoms with Crippen LogP contribution in [0.2, 0.25) is 5.15 Å². The molecule has 9 heteroatoms. The summed E-state index contributed by atoms with van der Waals surface area (Å²) in [6.07, 6.45) is 2.84. The minimum atomic E-state index is -1.22. The van der Waals surface area contributed by atoms with Gasteiger partial charge in [-0.05, 0) is 36.1 Å². The van der Waals surface area contributed by atoms with E-state index in [4.69, 9.17) is 11.6 Å². The average Bonchev–Trinajstić information content (AvgIpc) is 2.63. The number of H-pyrrole nitrogens is 1. The fraction of sp³-hybridized carbons (Fsp3) is 0.167. The van der Waals surface area contributed by atoms with Crippen LogP contribution in [0.4, 0.5) is 19.3 Å². The van der Waals surface area contributed by atoms with E-state index in [0.29, 0.717) is 11.3 Å². The third-order valence-corrected chi connectivity index (χ3v) is 4.53. The van der Waals surface area contributed by atoms with Crippen LogP contribution in [0.1, 0.15) is 18.5 Å². The average molecular weight is 393 g/mol. The summed E-state index contributed by atoms with van der Waals surface area (Å²) in [6, 6.07) is 4.34. The number of aromatic amines is 1. The van der Waals surface area contributed by atoms with Crippen molar-refractivity contribution in [1.29, 1.82) is 0 Å². The third-order valence-electron chi connectivity index (χ3n) is 4.32. The number of fused-ring (bicyclic) bond motifs is 1. The second kappa shape index (κ2) is 7.32. The van der Waals surface area contributed by atoms with Crippen molar-refractivity contribution in [1.82, 2.24) is 14.9 Å². The number of hydrogen-bond acceptors (Lipinski definition) is 3. The molecule has 0 saturated carbocycles. The van der Waals surface area contributed by atoms with Gasteiger partial charge in [-0.2, -0.15) is 0 Å². The number of urea groups is 1. The first kappa shape index (κ1) is 18.8. The number of halogens is 3. The quantitative estimate of drug-likeness (QED) is 0.659. The Labute approximate surface area is 157 Å². The second-order valence-corrected chi connectivity index (χ2v) is 6.33. The lowest BCUT2D eigenvalue weighted by Gasteiger charge is -2.26. The Morgan fingerprint density at radius 3 is 2.78 bits per heavy atom. The van der Waals surface area contributed by atoms with Crippen LogP contribution in [0.5, 0.6) is 0 Å². The number of carbonyl (C=O) groups is 1. The second-order valence-electron chi connectivity index (χ2n) is 5.94. The van der Waals surface area contributed by atoms with Crippen LogP contribution in [-0.4, -0.2) is 27.9 Å². The van der Waals surface area contributed by atoms with Crippen LogP contribution in [-0.2, 0) is 0 Å². The zero-order chi connectivity index (χ0) is 19.7. The van der Waals surface area contributed by atoms with Crippen LogP contribution < -0.4 is 10.9 Å². The molecule has 2 N–H and O–H groups in total. The summed E-state index contributed by atoms with van der Waals surface area (Å²) >= 11 is 5.80. The molecule has 2 amide bonds. The van der Waals surface area contributed by atoms with Crippen LogP contribution >= 0.6 is 11.6 Å². The molecule has 0 aliphatic heterocycles. The van der Waals surface area contributed by atoms with Crippen molar-refractivity contribution < 1.29 is 13.6 Å². The van der Waals surface area contributed by atoms with E-state index >= 15 is 0 Å². The monoisotopic (exact) mass is 392 g/mol. The molecule has 3 rings (SSSR count). The topological polar surface area (TPSA) is 78.1 Å². The normalized spacial score (nSPS) is 12.0. The molecule has 0 radical (unpaired) electrons. The Kier molecular flexibility index (Phi) is 5.09. The van der Waals surface area contributed by atoms with Gasteiger partial charge in [0.2, 0.25) is 0 Å². The molecule has 2 heterocycles. The number of anilines is 1. The summed E-state index contributed by atoms with van der Waals surface area (Å²) in [4.78, 5) is 32.0. The van der Waals surface area contributed by atoms with Gasteiger partial charge in [0.15, 0.2) is 11.6 Å². The number of rotatable bonds is 3.